The Bertz CT molecular complexity index is 1220. The van der Waals surface area contributed by atoms with Gasteiger partial charge in [0.1, 0.15) is 0 Å². The molecule has 0 saturated carbocycles. The Balaban J connectivity index is 1.56. The van der Waals surface area contributed by atoms with Crippen LogP contribution in [0.2, 0.25) is 0 Å². The van der Waals surface area contributed by atoms with E-state index in [0.717, 1.165) is 29.3 Å². The molecule has 1 aromatic heterocycles. The molecule has 1 N–H and O–H groups in total. The van der Waals surface area contributed by atoms with Gasteiger partial charge in [0.2, 0.25) is 5.91 Å². The van der Waals surface area contributed by atoms with Crippen LogP contribution in [-0.4, -0.2) is 55.0 Å². The van der Waals surface area contributed by atoms with E-state index < -0.39 is 0 Å². The van der Waals surface area contributed by atoms with E-state index in [1.54, 1.807) is 14.2 Å². The number of methoxy groups -OCH3 is 2. The highest BCUT2D eigenvalue weighted by molar-refractivity contribution is 6.07. The predicted octanol–water partition coefficient (Wildman–Crippen LogP) is 4.69. The van der Waals surface area contributed by atoms with Crippen molar-refractivity contribution in [3.63, 3.8) is 0 Å². The Morgan fingerprint density at radius 2 is 1.74 bits per heavy atom. The molecular formula is C28H33N3O4. The van der Waals surface area contributed by atoms with Gasteiger partial charge in [0.05, 0.1) is 31.0 Å². The van der Waals surface area contributed by atoms with Crippen LogP contribution in [0.4, 0.5) is 0 Å². The number of aromatic nitrogens is 1. The van der Waals surface area contributed by atoms with Crippen molar-refractivity contribution in [3.8, 4) is 22.8 Å². The maximum atomic E-state index is 13.4. The maximum absolute atomic E-state index is 13.4. The number of likely N-dealkylation sites (tertiary alicyclic amines) is 1. The van der Waals surface area contributed by atoms with E-state index in [-0.39, 0.29) is 17.9 Å². The lowest BCUT2D eigenvalue weighted by molar-refractivity contribution is -0.133. The quantitative estimate of drug-likeness (QED) is 0.536. The summed E-state index contributed by atoms with van der Waals surface area (Å²) >= 11 is 0. The third-order valence-electron chi connectivity index (χ3n) is 6.41. The number of carbonyl (C=O) groups excluding carboxylic acids is 2. The molecule has 0 unspecified atom stereocenters. The first-order valence-electron chi connectivity index (χ1n) is 12.1. The molecule has 0 spiro atoms. The number of para-hydroxylation sites is 1. The van der Waals surface area contributed by atoms with Crippen LogP contribution in [0.5, 0.6) is 11.5 Å². The zero-order valence-corrected chi connectivity index (χ0v) is 20.8. The molecule has 1 aliphatic rings. The second kappa shape index (κ2) is 10.8. The molecule has 0 radical (unpaired) electrons. The van der Waals surface area contributed by atoms with Crippen LogP contribution in [0.1, 0.15) is 43.5 Å². The van der Waals surface area contributed by atoms with Crippen LogP contribution in [0, 0.1) is 5.92 Å². The van der Waals surface area contributed by atoms with Crippen molar-refractivity contribution in [1.82, 2.24) is 15.2 Å². The lowest BCUT2D eigenvalue weighted by atomic mass is 10.0. The van der Waals surface area contributed by atoms with Crippen molar-refractivity contribution in [2.45, 2.75) is 39.2 Å². The fraction of sp³-hybridized carbons (Fsp3) is 0.393. The molecule has 1 aliphatic heterocycles. The average Bonchev–Trinajstić information content (AvgIpc) is 2.87. The molecule has 0 atom stereocenters. The molecule has 0 aliphatic carbocycles. The van der Waals surface area contributed by atoms with Crippen molar-refractivity contribution >= 4 is 22.7 Å². The van der Waals surface area contributed by atoms with Crippen LogP contribution in [0.3, 0.4) is 0 Å². The first-order chi connectivity index (χ1) is 16.9. The first kappa shape index (κ1) is 24.5. The molecule has 2 amide bonds. The average molecular weight is 476 g/mol. The van der Waals surface area contributed by atoms with Crippen LogP contribution in [0.15, 0.2) is 48.5 Å². The summed E-state index contributed by atoms with van der Waals surface area (Å²) < 4.78 is 10.8. The zero-order chi connectivity index (χ0) is 24.9. The summed E-state index contributed by atoms with van der Waals surface area (Å²) in [4.78, 5) is 32.5. The number of rotatable bonds is 7. The van der Waals surface area contributed by atoms with E-state index >= 15 is 0 Å². The van der Waals surface area contributed by atoms with E-state index in [4.69, 9.17) is 14.5 Å². The summed E-state index contributed by atoms with van der Waals surface area (Å²) in [5.41, 5.74) is 2.85. The summed E-state index contributed by atoms with van der Waals surface area (Å²) in [5.74, 6) is 1.65. The second-order valence-corrected chi connectivity index (χ2v) is 9.37. The fourth-order valence-electron chi connectivity index (χ4n) is 4.52. The largest absolute Gasteiger partial charge is 0.493 e. The van der Waals surface area contributed by atoms with E-state index in [0.29, 0.717) is 48.2 Å². The van der Waals surface area contributed by atoms with E-state index in [1.165, 1.54) is 0 Å². The van der Waals surface area contributed by atoms with Gasteiger partial charge >= 0.3 is 0 Å². The number of nitrogens with one attached hydrogen (secondary N) is 1. The number of hydrogen-bond donors (Lipinski definition) is 1. The van der Waals surface area contributed by atoms with E-state index in [2.05, 4.69) is 19.2 Å². The summed E-state index contributed by atoms with van der Waals surface area (Å²) in [5, 5.41) is 4.00. The monoisotopic (exact) mass is 475 g/mol. The number of pyridine rings is 1. The molecular weight excluding hydrogens is 442 g/mol. The zero-order valence-electron chi connectivity index (χ0n) is 20.8. The van der Waals surface area contributed by atoms with E-state index in [9.17, 15) is 9.59 Å². The number of nitrogens with zero attached hydrogens (tertiary/aromatic N) is 2. The number of benzene rings is 2. The van der Waals surface area contributed by atoms with Gasteiger partial charge in [0.15, 0.2) is 11.5 Å². The molecule has 7 nitrogen and oxygen atoms in total. The smallest absolute Gasteiger partial charge is 0.252 e. The molecule has 2 heterocycles. The Labute approximate surface area is 206 Å². The molecule has 3 aromatic rings. The van der Waals surface area contributed by atoms with Crippen molar-refractivity contribution in [2.24, 2.45) is 5.92 Å². The molecule has 2 aromatic carbocycles. The molecule has 7 heteroatoms. The van der Waals surface area contributed by atoms with E-state index in [1.807, 2.05) is 53.4 Å². The number of ether oxygens (including phenoxy) is 2. The van der Waals surface area contributed by atoms with Crippen LogP contribution in [0.25, 0.3) is 22.2 Å². The third kappa shape index (κ3) is 5.56. The molecule has 1 fully saturated rings. The van der Waals surface area contributed by atoms with Crippen LogP contribution >= 0.6 is 0 Å². The second-order valence-electron chi connectivity index (χ2n) is 9.37. The lowest BCUT2D eigenvalue weighted by Gasteiger charge is -2.33. The Kier molecular flexibility index (Phi) is 7.54. The molecule has 0 bridgehead atoms. The fourth-order valence-corrected chi connectivity index (χ4v) is 4.52. The highest BCUT2D eigenvalue weighted by Gasteiger charge is 2.25. The topological polar surface area (TPSA) is 80.8 Å². The number of hydrogen-bond acceptors (Lipinski definition) is 5. The van der Waals surface area contributed by atoms with Crippen molar-refractivity contribution in [3.05, 3.63) is 54.1 Å². The van der Waals surface area contributed by atoms with Gasteiger partial charge in [-0.25, -0.2) is 4.98 Å². The third-order valence-corrected chi connectivity index (χ3v) is 6.41. The van der Waals surface area contributed by atoms with Gasteiger partial charge in [-0.05, 0) is 49.1 Å². The predicted molar refractivity (Wildman–Crippen MR) is 137 cm³/mol. The van der Waals surface area contributed by atoms with Crippen molar-refractivity contribution < 1.29 is 19.1 Å². The van der Waals surface area contributed by atoms with Gasteiger partial charge in [0.25, 0.3) is 5.91 Å². The molecule has 184 valence electrons. The standard InChI is InChI=1S/C28H33N3O4/c1-18(2)15-27(32)31-13-11-20(12-14-31)29-28(33)22-17-24(30-23-8-6-5-7-21(22)23)19-9-10-25(34-3)26(16-19)35-4/h5-10,16-18,20H,11-15H2,1-4H3,(H,29,33). The summed E-state index contributed by atoms with van der Waals surface area (Å²) in [6.07, 6.45) is 2.07. The minimum absolute atomic E-state index is 0.0297. The van der Waals surface area contributed by atoms with Gasteiger partial charge in [-0.1, -0.05) is 32.0 Å². The minimum Gasteiger partial charge on any atom is -0.493 e. The molecule has 1 saturated heterocycles. The van der Waals surface area contributed by atoms with Crippen molar-refractivity contribution in [1.29, 1.82) is 0 Å². The molecule has 4 rings (SSSR count). The minimum atomic E-state index is -0.128. The lowest BCUT2D eigenvalue weighted by Crippen LogP contribution is -2.46. The number of fused-ring (bicyclic) bond motifs is 1. The first-order valence-corrected chi connectivity index (χ1v) is 12.1. The Morgan fingerprint density at radius 3 is 2.43 bits per heavy atom. The summed E-state index contributed by atoms with van der Waals surface area (Å²) in [6, 6.07) is 15.1. The van der Waals surface area contributed by atoms with Gasteiger partial charge in [-0.15, -0.1) is 0 Å². The number of carbonyl (C=O) groups is 2. The summed E-state index contributed by atoms with van der Waals surface area (Å²) in [6.45, 7) is 5.45. The maximum Gasteiger partial charge on any atom is 0.252 e. The van der Waals surface area contributed by atoms with Crippen LogP contribution < -0.4 is 14.8 Å². The van der Waals surface area contributed by atoms with Crippen LogP contribution in [-0.2, 0) is 4.79 Å². The van der Waals surface area contributed by atoms with Gasteiger partial charge < -0.3 is 19.7 Å². The number of amides is 2. The van der Waals surface area contributed by atoms with Crippen molar-refractivity contribution in [2.75, 3.05) is 27.3 Å². The highest BCUT2D eigenvalue weighted by atomic mass is 16.5. The van der Waals surface area contributed by atoms with Gasteiger partial charge in [-0.3, -0.25) is 9.59 Å². The molecule has 35 heavy (non-hydrogen) atoms. The number of piperidine rings is 1. The Hall–Kier alpha value is -3.61. The Morgan fingerprint density at radius 1 is 1.03 bits per heavy atom. The van der Waals surface area contributed by atoms with Gasteiger partial charge in [-0.2, -0.15) is 0 Å². The normalized spacial score (nSPS) is 14.3. The summed E-state index contributed by atoms with van der Waals surface area (Å²) in [7, 11) is 3.19. The highest BCUT2D eigenvalue weighted by Crippen LogP contribution is 2.33. The van der Waals surface area contributed by atoms with Gasteiger partial charge in [0, 0.05) is 36.5 Å². The SMILES string of the molecule is COc1ccc(-c2cc(C(=O)NC3CCN(C(=O)CC(C)C)CC3)c3ccccc3n2)cc1OC.